The molecule has 1 saturated heterocycles. The van der Waals surface area contributed by atoms with Crippen molar-refractivity contribution in [2.75, 3.05) is 19.6 Å². The predicted molar refractivity (Wildman–Crippen MR) is 203 cm³/mol. The second-order valence-corrected chi connectivity index (χ2v) is 15.1. The van der Waals surface area contributed by atoms with Crippen LogP contribution in [0.1, 0.15) is 53.5 Å². The molecule has 3 atom stereocenters. The zero-order valence-electron chi connectivity index (χ0n) is 30.7. The summed E-state index contributed by atoms with van der Waals surface area (Å²) in [4.78, 5) is 50.8. The van der Waals surface area contributed by atoms with Crippen molar-refractivity contribution < 1.29 is 37.2 Å². The molecule has 0 saturated carbocycles. The van der Waals surface area contributed by atoms with Crippen molar-refractivity contribution in [3.8, 4) is 22.6 Å². The van der Waals surface area contributed by atoms with E-state index in [1.807, 2.05) is 79.9 Å². The Morgan fingerprint density at radius 3 is 2.27 bits per heavy atom. The first-order valence-corrected chi connectivity index (χ1v) is 19.0. The summed E-state index contributed by atoms with van der Waals surface area (Å²) >= 11 is 1.46. The predicted octanol–water partition coefficient (Wildman–Crippen LogP) is 5.24. The third kappa shape index (κ3) is 9.32. The normalized spacial score (nSPS) is 15.9. The van der Waals surface area contributed by atoms with Crippen molar-refractivity contribution in [1.29, 1.82) is 0 Å². The van der Waals surface area contributed by atoms with E-state index in [0.717, 1.165) is 21.8 Å². The van der Waals surface area contributed by atoms with Crippen molar-refractivity contribution >= 4 is 29.1 Å². The molecule has 12 nitrogen and oxygen atoms in total. The van der Waals surface area contributed by atoms with E-state index in [9.17, 15) is 32.7 Å². The number of aromatic nitrogens is 3. The van der Waals surface area contributed by atoms with Gasteiger partial charge in [-0.1, -0.05) is 91.8 Å². The van der Waals surface area contributed by atoms with Crippen molar-refractivity contribution in [3.05, 3.63) is 112 Å². The molecule has 56 heavy (non-hydrogen) atoms. The summed E-state index contributed by atoms with van der Waals surface area (Å²) in [6.07, 6.45) is -5.22. The molecule has 1 aliphatic heterocycles. The lowest BCUT2D eigenvalue weighted by molar-refractivity contribution is -0.159. The lowest BCUT2D eigenvalue weighted by Crippen LogP contribution is -2.58. The number of piperidine rings is 1. The lowest BCUT2D eigenvalue weighted by Gasteiger charge is -2.42. The molecular formula is C40H42F3N7O5S. The summed E-state index contributed by atoms with van der Waals surface area (Å²) in [6.45, 7) is 4.35. The molecule has 6 rings (SSSR count). The number of thiazole rings is 1. The fourth-order valence-corrected chi connectivity index (χ4v) is 7.72. The second kappa shape index (κ2) is 17.1. The Bertz CT molecular complexity index is 2120. The summed E-state index contributed by atoms with van der Waals surface area (Å²) in [6, 6.07) is 23.0. The van der Waals surface area contributed by atoms with Crippen LogP contribution < -0.4 is 16.4 Å². The van der Waals surface area contributed by atoms with Gasteiger partial charge in [0.25, 0.3) is 11.8 Å². The third-order valence-corrected chi connectivity index (χ3v) is 11.0. The highest BCUT2D eigenvalue weighted by Gasteiger charge is 2.42. The third-order valence-electron chi connectivity index (χ3n) is 9.92. The molecule has 0 radical (unpaired) electrons. The molecule has 0 spiro atoms. The molecule has 5 N–H and O–H groups in total. The van der Waals surface area contributed by atoms with Crippen LogP contribution in [0.25, 0.3) is 22.6 Å². The van der Waals surface area contributed by atoms with Gasteiger partial charge in [0.1, 0.15) is 17.2 Å². The summed E-state index contributed by atoms with van der Waals surface area (Å²) < 4.78 is 43.6. The van der Waals surface area contributed by atoms with Crippen LogP contribution in [-0.4, -0.2) is 80.7 Å². The standard InChI is InChI=1S/C40H42F3N7O5S/c1-24(2)31(47-35(53)32(51)29(44)20-25-10-5-3-6-11-25)36(54)50-18-16-39(17-19-50,38-46-30(22-56-38)26-12-7-4-8-13-26)23-45-34(52)28-15-9-14-27(21-28)33-48-37(55-49-33)40(41,42)43/h3-15,21-22,24,29,31-32,51H,16-20,23,44H2,1-2H3,(H,45,52)(H,47,53)/t29-,31+,32+/m1/s1. The average molecular weight is 790 g/mol. The Hall–Kier alpha value is -5.45. The number of carbonyl (C=O) groups is 3. The smallest absolute Gasteiger partial charge is 0.382 e. The van der Waals surface area contributed by atoms with E-state index in [1.54, 1.807) is 4.90 Å². The van der Waals surface area contributed by atoms with Gasteiger partial charge in [0, 0.05) is 53.2 Å². The fourth-order valence-electron chi connectivity index (χ4n) is 6.63. The number of amides is 3. The number of halogens is 3. The van der Waals surface area contributed by atoms with E-state index in [2.05, 4.69) is 25.3 Å². The van der Waals surface area contributed by atoms with E-state index in [4.69, 9.17) is 10.7 Å². The van der Waals surface area contributed by atoms with Gasteiger partial charge in [0.15, 0.2) is 0 Å². The van der Waals surface area contributed by atoms with Crippen molar-refractivity contribution in [3.63, 3.8) is 0 Å². The van der Waals surface area contributed by atoms with Gasteiger partial charge in [0.05, 0.1) is 5.69 Å². The van der Waals surface area contributed by atoms with Gasteiger partial charge in [-0.2, -0.15) is 18.2 Å². The van der Waals surface area contributed by atoms with Gasteiger partial charge in [-0.15, -0.1) is 11.3 Å². The number of hydrogen-bond donors (Lipinski definition) is 4. The van der Waals surface area contributed by atoms with Crippen molar-refractivity contribution in [2.24, 2.45) is 11.7 Å². The van der Waals surface area contributed by atoms with Gasteiger partial charge < -0.3 is 30.9 Å². The number of rotatable bonds is 13. The highest BCUT2D eigenvalue weighted by Crippen LogP contribution is 2.39. The molecule has 0 bridgehead atoms. The van der Waals surface area contributed by atoms with Crippen LogP contribution in [-0.2, 0) is 27.6 Å². The first-order valence-electron chi connectivity index (χ1n) is 18.1. The van der Waals surface area contributed by atoms with Crippen LogP contribution in [0.4, 0.5) is 13.2 Å². The van der Waals surface area contributed by atoms with E-state index < -0.39 is 47.5 Å². The lowest BCUT2D eigenvalue weighted by atomic mass is 9.78. The molecule has 3 heterocycles. The summed E-state index contributed by atoms with van der Waals surface area (Å²) in [5.74, 6) is -3.60. The quantitative estimate of drug-likeness (QED) is 0.124. The van der Waals surface area contributed by atoms with Crippen molar-refractivity contribution in [1.82, 2.24) is 30.7 Å². The maximum absolute atomic E-state index is 14.0. The second-order valence-electron chi connectivity index (χ2n) is 14.2. The van der Waals surface area contributed by atoms with Crippen LogP contribution >= 0.6 is 11.3 Å². The van der Waals surface area contributed by atoms with Crippen LogP contribution in [0.5, 0.6) is 0 Å². The molecular weight excluding hydrogens is 748 g/mol. The molecule has 0 aliphatic carbocycles. The number of carbonyl (C=O) groups excluding carboxylic acids is 3. The molecule has 2 aromatic heterocycles. The van der Waals surface area contributed by atoms with E-state index in [0.29, 0.717) is 25.9 Å². The number of benzene rings is 3. The summed E-state index contributed by atoms with van der Waals surface area (Å²) in [5, 5.41) is 22.7. The van der Waals surface area contributed by atoms with Gasteiger partial charge in [0.2, 0.25) is 11.7 Å². The van der Waals surface area contributed by atoms with Gasteiger partial charge in [-0.05, 0) is 42.9 Å². The molecule has 5 aromatic rings. The summed E-state index contributed by atoms with van der Waals surface area (Å²) in [7, 11) is 0. The Kier molecular flexibility index (Phi) is 12.3. The van der Waals surface area contributed by atoms with Crippen LogP contribution in [0.15, 0.2) is 94.8 Å². The SMILES string of the molecule is CC(C)[C@H](NC(=O)[C@@H](O)[C@H](N)Cc1ccccc1)C(=O)N1CCC(CNC(=O)c2cccc(-c3noc(C(F)(F)F)n3)c2)(c2nc(-c3ccccc3)cs2)CC1. The fraction of sp³-hybridized carbons (Fsp3) is 0.350. The first kappa shape index (κ1) is 40.2. The number of nitrogens with two attached hydrogens (primary N) is 1. The van der Waals surface area contributed by atoms with E-state index in [1.165, 1.54) is 35.6 Å². The number of nitrogens with zero attached hydrogens (tertiary/aromatic N) is 4. The van der Waals surface area contributed by atoms with Crippen LogP contribution in [0.2, 0.25) is 0 Å². The van der Waals surface area contributed by atoms with Gasteiger partial charge in [-0.3, -0.25) is 14.4 Å². The molecule has 1 aliphatic rings. The minimum Gasteiger partial charge on any atom is -0.382 e. The first-order chi connectivity index (χ1) is 26.7. The minimum atomic E-state index is -4.81. The van der Waals surface area contributed by atoms with Crippen LogP contribution in [0.3, 0.4) is 0 Å². The Labute approximate surface area is 325 Å². The molecule has 3 aromatic carbocycles. The monoisotopic (exact) mass is 789 g/mol. The number of aliphatic hydroxyl groups is 1. The maximum atomic E-state index is 14.0. The largest absolute Gasteiger partial charge is 0.471 e. The summed E-state index contributed by atoms with van der Waals surface area (Å²) in [5.41, 5.74) is 8.42. The van der Waals surface area contributed by atoms with Gasteiger partial charge >= 0.3 is 12.1 Å². The van der Waals surface area contributed by atoms with E-state index in [-0.39, 0.29) is 41.7 Å². The van der Waals surface area contributed by atoms with Gasteiger partial charge in [-0.25, -0.2) is 4.98 Å². The minimum absolute atomic E-state index is 0.149. The number of alkyl halides is 3. The van der Waals surface area contributed by atoms with Crippen molar-refractivity contribution in [2.45, 2.75) is 62.9 Å². The number of hydrogen-bond acceptors (Lipinski definition) is 10. The molecule has 0 unspecified atom stereocenters. The zero-order chi connectivity index (χ0) is 40.0. The Morgan fingerprint density at radius 1 is 0.964 bits per heavy atom. The Balaban J connectivity index is 1.17. The highest BCUT2D eigenvalue weighted by molar-refractivity contribution is 7.10. The maximum Gasteiger partial charge on any atom is 0.471 e. The Morgan fingerprint density at radius 2 is 1.62 bits per heavy atom. The van der Waals surface area contributed by atoms with E-state index >= 15 is 0 Å². The molecule has 294 valence electrons. The zero-order valence-corrected chi connectivity index (χ0v) is 31.5. The number of nitrogens with one attached hydrogen (secondary N) is 2. The highest BCUT2D eigenvalue weighted by atomic mass is 32.1. The number of likely N-dealkylation sites (tertiary alicyclic amines) is 1. The number of aliphatic hydroxyl groups excluding tert-OH is 1. The molecule has 3 amide bonds. The average Bonchev–Trinajstić information content (AvgIpc) is 3.92. The molecule has 16 heteroatoms. The topological polar surface area (TPSA) is 177 Å². The van der Waals surface area contributed by atoms with Crippen LogP contribution in [0, 0.1) is 5.92 Å². The molecule has 1 fully saturated rings.